The molecule has 0 atom stereocenters. The summed E-state index contributed by atoms with van der Waals surface area (Å²) in [6.07, 6.45) is 0. The molecule has 0 heterocycles. The first-order valence-corrected chi connectivity index (χ1v) is 7.35. The molecule has 0 aromatic heterocycles. The van der Waals surface area contributed by atoms with E-state index >= 15 is 0 Å². The molecule has 0 aliphatic carbocycles. The monoisotopic (exact) mass is 347 g/mol. The number of ether oxygens (including phenoxy) is 1. The minimum atomic E-state index is -0.0195. The Morgan fingerprint density at radius 3 is 2.63 bits per heavy atom. The Morgan fingerprint density at radius 1 is 1.42 bits per heavy atom. The maximum absolute atomic E-state index is 12.5. The van der Waals surface area contributed by atoms with Crippen LogP contribution in [0.1, 0.15) is 24.2 Å². The summed E-state index contributed by atoms with van der Waals surface area (Å²) in [5, 5.41) is 0.550. The molecule has 0 saturated heterocycles. The molecule has 1 rings (SSSR count). The highest BCUT2D eigenvalue weighted by atomic mass is 79.9. The molecular weight excluding hydrogens is 330 g/mol. The van der Waals surface area contributed by atoms with Crippen LogP contribution in [0.3, 0.4) is 0 Å². The number of rotatable bonds is 6. The van der Waals surface area contributed by atoms with Gasteiger partial charge in [-0.1, -0.05) is 41.4 Å². The van der Waals surface area contributed by atoms with Crippen molar-refractivity contribution in [2.75, 3.05) is 26.8 Å². The van der Waals surface area contributed by atoms with Crippen LogP contribution in [-0.4, -0.2) is 37.6 Å². The molecule has 5 heteroatoms. The average molecular weight is 349 g/mol. The molecule has 0 radical (unpaired) electrons. The summed E-state index contributed by atoms with van der Waals surface area (Å²) >= 11 is 9.34. The van der Waals surface area contributed by atoms with Crippen LogP contribution in [0.25, 0.3) is 0 Å². The fourth-order valence-corrected chi connectivity index (χ4v) is 2.64. The van der Waals surface area contributed by atoms with Gasteiger partial charge in [0, 0.05) is 35.3 Å². The van der Waals surface area contributed by atoms with Gasteiger partial charge < -0.3 is 9.64 Å². The third-order valence-electron chi connectivity index (χ3n) is 2.55. The van der Waals surface area contributed by atoms with Gasteiger partial charge in [-0.25, -0.2) is 0 Å². The van der Waals surface area contributed by atoms with Gasteiger partial charge in [0.25, 0.3) is 5.91 Å². The van der Waals surface area contributed by atoms with Gasteiger partial charge in [-0.15, -0.1) is 0 Å². The highest BCUT2D eigenvalue weighted by Gasteiger charge is 2.17. The summed E-state index contributed by atoms with van der Waals surface area (Å²) < 4.78 is 5.86. The van der Waals surface area contributed by atoms with Gasteiger partial charge in [-0.3, -0.25) is 4.79 Å². The first kappa shape index (κ1) is 16.5. The predicted octanol–water partition coefficient (Wildman–Crippen LogP) is 3.85. The summed E-state index contributed by atoms with van der Waals surface area (Å²) in [7, 11) is 1.63. The van der Waals surface area contributed by atoms with E-state index in [2.05, 4.69) is 29.8 Å². The van der Waals surface area contributed by atoms with E-state index in [1.54, 1.807) is 30.2 Å². The second-order valence-electron chi connectivity index (χ2n) is 4.80. The van der Waals surface area contributed by atoms with Gasteiger partial charge in [0.15, 0.2) is 0 Å². The summed E-state index contributed by atoms with van der Waals surface area (Å²) in [6, 6.07) is 5.24. The molecule has 0 unspecified atom stereocenters. The van der Waals surface area contributed by atoms with Crippen molar-refractivity contribution in [2.24, 2.45) is 5.92 Å². The van der Waals surface area contributed by atoms with Crippen LogP contribution in [0.5, 0.6) is 0 Å². The second kappa shape index (κ2) is 7.88. The van der Waals surface area contributed by atoms with E-state index in [-0.39, 0.29) is 5.91 Å². The fraction of sp³-hybridized carbons (Fsp3) is 0.500. The van der Waals surface area contributed by atoms with Crippen molar-refractivity contribution in [3.05, 3.63) is 33.3 Å². The van der Waals surface area contributed by atoms with Gasteiger partial charge in [-0.2, -0.15) is 0 Å². The molecule has 0 bridgehead atoms. The number of hydrogen-bond donors (Lipinski definition) is 0. The minimum absolute atomic E-state index is 0.0195. The number of hydrogen-bond acceptors (Lipinski definition) is 2. The van der Waals surface area contributed by atoms with Crippen LogP contribution in [0.4, 0.5) is 0 Å². The van der Waals surface area contributed by atoms with Crippen molar-refractivity contribution in [1.82, 2.24) is 4.90 Å². The molecule has 0 spiro atoms. The Bertz CT molecular complexity index is 417. The van der Waals surface area contributed by atoms with Gasteiger partial charge >= 0.3 is 0 Å². The minimum Gasteiger partial charge on any atom is -0.383 e. The maximum Gasteiger partial charge on any atom is 0.254 e. The van der Waals surface area contributed by atoms with Crippen molar-refractivity contribution in [2.45, 2.75) is 13.8 Å². The molecule has 1 aromatic carbocycles. The quantitative estimate of drug-likeness (QED) is 0.781. The number of methoxy groups -OCH3 is 1. The average Bonchev–Trinajstić information content (AvgIpc) is 2.32. The van der Waals surface area contributed by atoms with Crippen LogP contribution >= 0.6 is 27.5 Å². The van der Waals surface area contributed by atoms with Gasteiger partial charge in [0.2, 0.25) is 0 Å². The molecule has 1 aromatic rings. The summed E-state index contributed by atoms with van der Waals surface area (Å²) in [5.41, 5.74) is 0.594. The van der Waals surface area contributed by atoms with Crippen molar-refractivity contribution < 1.29 is 9.53 Å². The summed E-state index contributed by atoms with van der Waals surface area (Å²) in [6.45, 7) is 5.98. The zero-order valence-electron chi connectivity index (χ0n) is 11.5. The molecule has 0 fully saturated rings. The Hall–Kier alpha value is -0.580. The van der Waals surface area contributed by atoms with Crippen molar-refractivity contribution >= 4 is 33.4 Å². The van der Waals surface area contributed by atoms with Crippen LogP contribution in [0.2, 0.25) is 5.02 Å². The predicted molar refractivity (Wildman–Crippen MR) is 81.8 cm³/mol. The van der Waals surface area contributed by atoms with Gasteiger partial charge in [0.1, 0.15) is 0 Å². The summed E-state index contributed by atoms with van der Waals surface area (Å²) in [5.74, 6) is 0.386. The van der Waals surface area contributed by atoms with E-state index in [1.807, 2.05) is 0 Å². The van der Waals surface area contributed by atoms with Gasteiger partial charge in [-0.05, 0) is 24.1 Å². The lowest BCUT2D eigenvalue weighted by Crippen LogP contribution is -2.36. The smallest absolute Gasteiger partial charge is 0.254 e. The number of amides is 1. The first-order chi connectivity index (χ1) is 8.93. The number of carbonyl (C=O) groups is 1. The molecule has 0 aliphatic rings. The zero-order chi connectivity index (χ0) is 14.4. The number of benzene rings is 1. The first-order valence-electron chi connectivity index (χ1n) is 6.18. The van der Waals surface area contributed by atoms with E-state index < -0.39 is 0 Å². The van der Waals surface area contributed by atoms with E-state index in [1.165, 1.54) is 0 Å². The standard InChI is InChI=1S/C14H19BrClNO2/c1-10(2)9-17(4-5-19-3)14(18)11-6-12(15)8-13(16)7-11/h6-8,10H,4-5,9H2,1-3H3. The fourth-order valence-electron chi connectivity index (χ4n) is 1.78. The molecule has 19 heavy (non-hydrogen) atoms. The summed E-state index contributed by atoms with van der Waals surface area (Å²) in [4.78, 5) is 14.3. The number of halogens is 2. The topological polar surface area (TPSA) is 29.5 Å². The highest BCUT2D eigenvalue weighted by Crippen LogP contribution is 2.21. The van der Waals surface area contributed by atoms with E-state index in [0.717, 1.165) is 4.47 Å². The largest absolute Gasteiger partial charge is 0.383 e. The van der Waals surface area contributed by atoms with E-state index in [0.29, 0.717) is 36.2 Å². The molecular formula is C14H19BrClNO2. The molecule has 1 amide bonds. The zero-order valence-corrected chi connectivity index (χ0v) is 13.8. The normalized spacial score (nSPS) is 10.8. The molecule has 0 aliphatic heterocycles. The SMILES string of the molecule is COCCN(CC(C)C)C(=O)c1cc(Cl)cc(Br)c1. The third-order valence-corrected chi connectivity index (χ3v) is 3.22. The Balaban J connectivity index is 2.90. The Morgan fingerprint density at radius 2 is 2.11 bits per heavy atom. The van der Waals surface area contributed by atoms with Crippen LogP contribution in [0.15, 0.2) is 22.7 Å². The Kier molecular flexibility index (Phi) is 6.83. The molecule has 0 N–H and O–H groups in total. The van der Waals surface area contributed by atoms with Crippen molar-refractivity contribution in [3.63, 3.8) is 0 Å². The van der Waals surface area contributed by atoms with Crippen LogP contribution < -0.4 is 0 Å². The van der Waals surface area contributed by atoms with Crippen LogP contribution in [0, 0.1) is 5.92 Å². The van der Waals surface area contributed by atoms with E-state index in [9.17, 15) is 4.79 Å². The molecule has 3 nitrogen and oxygen atoms in total. The molecule has 106 valence electrons. The highest BCUT2D eigenvalue weighted by molar-refractivity contribution is 9.10. The lowest BCUT2D eigenvalue weighted by atomic mass is 10.1. The third kappa shape index (κ3) is 5.51. The van der Waals surface area contributed by atoms with E-state index in [4.69, 9.17) is 16.3 Å². The second-order valence-corrected chi connectivity index (χ2v) is 6.15. The maximum atomic E-state index is 12.5. The lowest BCUT2D eigenvalue weighted by Gasteiger charge is -2.24. The number of carbonyl (C=O) groups excluding carboxylic acids is 1. The van der Waals surface area contributed by atoms with Crippen molar-refractivity contribution in [3.8, 4) is 0 Å². The lowest BCUT2D eigenvalue weighted by molar-refractivity contribution is 0.0672. The van der Waals surface area contributed by atoms with Crippen molar-refractivity contribution in [1.29, 1.82) is 0 Å². The van der Waals surface area contributed by atoms with Gasteiger partial charge in [0.05, 0.1) is 6.61 Å². The molecule has 0 saturated carbocycles. The Labute approximate surface area is 128 Å². The number of nitrogens with zero attached hydrogens (tertiary/aromatic N) is 1. The van der Waals surface area contributed by atoms with Crippen LogP contribution in [-0.2, 0) is 4.74 Å².